The molecule has 30 heavy (non-hydrogen) atoms. The van der Waals surface area contributed by atoms with Crippen molar-refractivity contribution < 1.29 is 9.47 Å². The first kappa shape index (κ1) is 21.9. The van der Waals surface area contributed by atoms with Crippen LogP contribution < -0.4 is 9.47 Å². The lowest BCUT2D eigenvalue weighted by Gasteiger charge is -2.14. The summed E-state index contributed by atoms with van der Waals surface area (Å²) in [5.74, 6) is 1.26. The Balaban J connectivity index is 1.88. The van der Waals surface area contributed by atoms with Gasteiger partial charge in [-0.1, -0.05) is 40.2 Å². The van der Waals surface area contributed by atoms with Crippen molar-refractivity contribution in [3.63, 3.8) is 0 Å². The third kappa shape index (κ3) is 5.41. The Morgan fingerprint density at radius 2 is 1.77 bits per heavy atom. The van der Waals surface area contributed by atoms with Crippen LogP contribution >= 0.6 is 38.5 Å². The third-order valence-corrected chi connectivity index (χ3v) is 5.63. The molecule has 0 saturated carbocycles. The maximum absolute atomic E-state index is 9.60. The van der Waals surface area contributed by atoms with Gasteiger partial charge in [-0.25, -0.2) is 0 Å². The van der Waals surface area contributed by atoms with Crippen molar-refractivity contribution in [2.75, 3.05) is 7.11 Å². The van der Waals surface area contributed by atoms with Crippen LogP contribution in [0.5, 0.6) is 11.5 Å². The van der Waals surface area contributed by atoms with E-state index in [-0.39, 0.29) is 0 Å². The molecule has 0 aliphatic rings. The lowest BCUT2D eigenvalue weighted by molar-refractivity contribution is 0.282. The van der Waals surface area contributed by atoms with Crippen molar-refractivity contribution in [3.8, 4) is 23.6 Å². The van der Waals surface area contributed by atoms with Gasteiger partial charge in [-0.05, 0) is 81.8 Å². The summed E-state index contributed by atoms with van der Waals surface area (Å²) in [6.45, 7) is 0.420. The largest absolute Gasteiger partial charge is 0.493 e. The minimum Gasteiger partial charge on any atom is -0.493 e. The third-order valence-electron chi connectivity index (χ3n) is 4.30. The van der Waals surface area contributed by atoms with Crippen molar-refractivity contribution in [1.29, 1.82) is 10.5 Å². The minimum atomic E-state index is 0.420. The summed E-state index contributed by atoms with van der Waals surface area (Å²) >= 11 is 5.63. The van der Waals surface area contributed by atoms with Gasteiger partial charge in [-0.3, -0.25) is 0 Å². The second-order valence-corrected chi connectivity index (χ2v) is 8.39. The van der Waals surface area contributed by atoms with Gasteiger partial charge in [0, 0.05) is 4.47 Å². The normalized spacial score (nSPS) is 10.8. The molecule has 3 rings (SSSR count). The predicted molar refractivity (Wildman–Crippen MR) is 129 cm³/mol. The molecule has 0 bridgehead atoms. The first-order valence-electron chi connectivity index (χ1n) is 8.91. The zero-order chi connectivity index (χ0) is 21.5. The lowest BCUT2D eigenvalue weighted by atomic mass is 10.0. The Kier molecular flexibility index (Phi) is 7.51. The second kappa shape index (κ2) is 10.3. The van der Waals surface area contributed by atoms with Crippen molar-refractivity contribution in [2.45, 2.75) is 6.61 Å². The highest BCUT2D eigenvalue weighted by Gasteiger charge is 2.12. The molecular formula is C24H16BrIN2O2. The zero-order valence-electron chi connectivity index (χ0n) is 16.0. The summed E-state index contributed by atoms with van der Waals surface area (Å²) in [6, 6.07) is 23.0. The van der Waals surface area contributed by atoms with Crippen LogP contribution in [-0.4, -0.2) is 7.11 Å². The van der Waals surface area contributed by atoms with E-state index in [4.69, 9.17) is 14.7 Å². The summed E-state index contributed by atoms with van der Waals surface area (Å²) < 4.78 is 13.5. The fraction of sp³-hybridized carbons (Fsp3) is 0.0833. The van der Waals surface area contributed by atoms with Crippen LogP contribution in [0.4, 0.5) is 0 Å². The van der Waals surface area contributed by atoms with Crippen LogP contribution in [-0.2, 0) is 6.61 Å². The molecule has 0 spiro atoms. The molecule has 4 nitrogen and oxygen atoms in total. The molecule has 0 unspecified atom stereocenters. The fourth-order valence-electron chi connectivity index (χ4n) is 2.77. The number of nitriles is 2. The van der Waals surface area contributed by atoms with Gasteiger partial charge in [-0.2, -0.15) is 10.5 Å². The number of ether oxygens (including phenoxy) is 2. The number of benzene rings is 3. The van der Waals surface area contributed by atoms with E-state index >= 15 is 0 Å². The van der Waals surface area contributed by atoms with Gasteiger partial charge < -0.3 is 9.47 Å². The van der Waals surface area contributed by atoms with E-state index < -0.39 is 0 Å². The average molecular weight is 571 g/mol. The first-order valence-corrected chi connectivity index (χ1v) is 10.8. The summed E-state index contributed by atoms with van der Waals surface area (Å²) in [7, 11) is 1.59. The van der Waals surface area contributed by atoms with Crippen molar-refractivity contribution in [3.05, 3.63) is 91.0 Å². The van der Waals surface area contributed by atoms with Gasteiger partial charge >= 0.3 is 0 Å². The Morgan fingerprint density at radius 1 is 1.07 bits per heavy atom. The van der Waals surface area contributed by atoms with Gasteiger partial charge in [0.2, 0.25) is 0 Å². The quantitative estimate of drug-likeness (QED) is 0.191. The lowest BCUT2D eigenvalue weighted by Crippen LogP contribution is -2.00. The highest BCUT2D eigenvalue weighted by atomic mass is 127. The van der Waals surface area contributed by atoms with Crippen LogP contribution in [0.1, 0.15) is 22.3 Å². The van der Waals surface area contributed by atoms with Gasteiger partial charge in [0.1, 0.15) is 6.61 Å². The van der Waals surface area contributed by atoms with E-state index in [1.807, 2.05) is 36.4 Å². The number of hydrogen-bond donors (Lipinski definition) is 0. The molecule has 3 aromatic carbocycles. The Bertz CT molecular complexity index is 1160. The van der Waals surface area contributed by atoms with E-state index in [0.29, 0.717) is 29.2 Å². The molecule has 0 atom stereocenters. The summed E-state index contributed by atoms with van der Waals surface area (Å²) in [6.07, 6.45) is 1.80. The van der Waals surface area contributed by atoms with Crippen LogP contribution in [0.25, 0.3) is 11.6 Å². The van der Waals surface area contributed by atoms with Gasteiger partial charge in [0.15, 0.2) is 11.5 Å². The maximum atomic E-state index is 9.60. The smallest absolute Gasteiger partial charge is 0.174 e. The van der Waals surface area contributed by atoms with Gasteiger partial charge in [0.05, 0.1) is 34.0 Å². The van der Waals surface area contributed by atoms with Crippen molar-refractivity contribution >= 4 is 50.2 Å². The molecule has 0 aliphatic heterocycles. The average Bonchev–Trinajstić information content (AvgIpc) is 2.77. The summed E-state index contributed by atoms with van der Waals surface area (Å²) in [4.78, 5) is 0. The molecule has 0 heterocycles. The minimum absolute atomic E-state index is 0.420. The molecular weight excluding hydrogens is 555 g/mol. The van der Waals surface area contributed by atoms with E-state index in [1.54, 1.807) is 37.5 Å². The van der Waals surface area contributed by atoms with E-state index in [1.165, 1.54) is 0 Å². The van der Waals surface area contributed by atoms with Crippen molar-refractivity contribution in [1.82, 2.24) is 0 Å². The monoisotopic (exact) mass is 570 g/mol. The molecule has 0 fully saturated rings. The molecule has 0 saturated heterocycles. The topological polar surface area (TPSA) is 66.0 Å². The molecule has 0 aliphatic carbocycles. The zero-order valence-corrected chi connectivity index (χ0v) is 19.8. The highest BCUT2D eigenvalue weighted by molar-refractivity contribution is 14.1. The SMILES string of the molecule is COc1cc(/C=C(/C#N)c2ccc(C#N)cc2)cc(I)c1OCc1ccc(Br)cc1. The number of nitrogens with zero attached hydrogens (tertiary/aromatic N) is 2. The molecule has 0 amide bonds. The van der Waals surface area contributed by atoms with Crippen LogP contribution in [0.15, 0.2) is 65.1 Å². The molecule has 3 aromatic rings. The summed E-state index contributed by atoms with van der Waals surface area (Å²) in [5, 5.41) is 18.5. The number of hydrogen-bond acceptors (Lipinski definition) is 4. The fourth-order valence-corrected chi connectivity index (χ4v) is 3.82. The molecule has 0 radical (unpaired) electrons. The van der Waals surface area contributed by atoms with Gasteiger partial charge in [-0.15, -0.1) is 0 Å². The second-order valence-electron chi connectivity index (χ2n) is 6.31. The van der Waals surface area contributed by atoms with Crippen LogP contribution in [0.2, 0.25) is 0 Å². The van der Waals surface area contributed by atoms with E-state index in [9.17, 15) is 5.26 Å². The Hall–Kier alpha value is -2.81. The highest BCUT2D eigenvalue weighted by Crippen LogP contribution is 2.35. The maximum Gasteiger partial charge on any atom is 0.174 e. The molecule has 0 aromatic heterocycles. The number of rotatable bonds is 6. The number of methoxy groups -OCH3 is 1. The number of halogens is 2. The first-order chi connectivity index (χ1) is 14.5. The Labute approximate surface area is 197 Å². The molecule has 0 N–H and O–H groups in total. The van der Waals surface area contributed by atoms with E-state index in [2.05, 4.69) is 50.7 Å². The van der Waals surface area contributed by atoms with E-state index in [0.717, 1.165) is 24.7 Å². The molecule has 6 heteroatoms. The van der Waals surface area contributed by atoms with Crippen LogP contribution in [0, 0.1) is 26.2 Å². The Morgan fingerprint density at radius 3 is 2.37 bits per heavy atom. The standard InChI is InChI=1S/C24H16BrIN2O2/c1-29-23-12-18(10-20(14-28)19-6-2-16(13-27)3-7-19)11-22(26)24(23)30-15-17-4-8-21(25)9-5-17/h2-12H,15H2,1H3/b20-10-. The van der Waals surface area contributed by atoms with Crippen molar-refractivity contribution in [2.24, 2.45) is 0 Å². The number of allylic oxidation sites excluding steroid dienone is 1. The summed E-state index contributed by atoms with van der Waals surface area (Å²) in [5.41, 5.74) is 3.68. The molecule has 148 valence electrons. The van der Waals surface area contributed by atoms with Crippen LogP contribution in [0.3, 0.4) is 0 Å². The van der Waals surface area contributed by atoms with Gasteiger partial charge in [0.25, 0.3) is 0 Å². The predicted octanol–water partition coefficient (Wildman–Crippen LogP) is 6.58.